The number of hydrogen-bond acceptors (Lipinski definition) is 3. The molecule has 29 heavy (non-hydrogen) atoms. The van der Waals surface area contributed by atoms with Gasteiger partial charge in [0.05, 0.1) is 0 Å². The normalized spacial score (nSPS) is 18.6. The first-order valence-corrected chi connectivity index (χ1v) is 9.95. The van der Waals surface area contributed by atoms with Crippen LogP contribution in [0.4, 0.5) is 4.39 Å². The van der Waals surface area contributed by atoms with Crippen LogP contribution in [-0.2, 0) is 16.0 Å². The molecule has 1 aliphatic carbocycles. The Bertz CT molecular complexity index is 917. The molecule has 152 valence electrons. The first-order chi connectivity index (χ1) is 13.8. The highest BCUT2D eigenvalue weighted by atomic mass is 19.1. The lowest BCUT2D eigenvalue weighted by atomic mass is 9.70. The molecule has 2 aromatic carbocycles. The topological polar surface area (TPSA) is 71.4 Å². The maximum atomic E-state index is 13.5. The molecule has 4 nitrogen and oxygen atoms in total. The summed E-state index contributed by atoms with van der Waals surface area (Å²) in [5.41, 5.74) is 2.04. The molecule has 0 bridgehead atoms. The minimum atomic E-state index is -1.36. The van der Waals surface area contributed by atoms with Crippen molar-refractivity contribution in [1.29, 1.82) is 0 Å². The monoisotopic (exact) mass is 396 g/mol. The number of carboxylic acid groups (broad SMARTS) is 1. The van der Waals surface area contributed by atoms with E-state index in [1.807, 2.05) is 12.1 Å². The third kappa shape index (κ3) is 4.29. The summed E-state index contributed by atoms with van der Waals surface area (Å²) < 4.78 is 13.5. The lowest BCUT2D eigenvalue weighted by molar-refractivity contribution is -0.148. The number of ketones is 2. The minimum absolute atomic E-state index is 0.143. The number of hydrogen-bond donors (Lipinski definition) is 1. The fourth-order valence-corrected chi connectivity index (χ4v) is 4.32. The fourth-order valence-electron chi connectivity index (χ4n) is 4.32. The molecule has 0 heterocycles. The van der Waals surface area contributed by atoms with Gasteiger partial charge in [-0.3, -0.25) is 14.4 Å². The molecule has 3 rings (SSSR count). The van der Waals surface area contributed by atoms with Gasteiger partial charge in [0, 0.05) is 23.3 Å². The summed E-state index contributed by atoms with van der Waals surface area (Å²) in [6.07, 6.45) is 1.92. The van der Waals surface area contributed by atoms with E-state index >= 15 is 0 Å². The van der Waals surface area contributed by atoms with Gasteiger partial charge in [-0.2, -0.15) is 0 Å². The number of carboxylic acids is 1. The van der Waals surface area contributed by atoms with E-state index in [9.17, 15) is 23.9 Å². The van der Waals surface area contributed by atoms with Crippen molar-refractivity contribution in [2.24, 2.45) is 17.8 Å². The van der Waals surface area contributed by atoms with E-state index in [2.05, 4.69) is 0 Å². The Labute approximate surface area is 169 Å². The molecule has 1 N–H and O–H groups in total. The van der Waals surface area contributed by atoms with Crippen LogP contribution in [0.2, 0.25) is 0 Å². The van der Waals surface area contributed by atoms with Gasteiger partial charge in [0.1, 0.15) is 17.5 Å². The smallest absolute Gasteiger partial charge is 0.314 e. The average Bonchev–Trinajstić information content (AvgIpc) is 2.85. The Morgan fingerprint density at radius 3 is 2.34 bits per heavy atom. The Morgan fingerprint density at radius 2 is 1.72 bits per heavy atom. The van der Waals surface area contributed by atoms with Gasteiger partial charge in [-0.1, -0.05) is 50.2 Å². The predicted octanol–water partition coefficient (Wildman–Crippen LogP) is 4.67. The molecular formula is C24H25FO4. The van der Waals surface area contributed by atoms with Gasteiger partial charge in [-0.15, -0.1) is 0 Å². The third-order valence-electron chi connectivity index (χ3n) is 5.77. The van der Waals surface area contributed by atoms with Gasteiger partial charge in [-0.25, -0.2) is 4.39 Å². The van der Waals surface area contributed by atoms with Crippen molar-refractivity contribution < 1.29 is 23.9 Å². The van der Waals surface area contributed by atoms with Gasteiger partial charge in [0.15, 0.2) is 5.78 Å². The van der Waals surface area contributed by atoms with E-state index in [-0.39, 0.29) is 5.78 Å². The number of halogens is 1. The van der Waals surface area contributed by atoms with Crippen LogP contribution in [0.5, 0.6) is 0 Å². The summed E-state index contributed by atoms with van der Waals surface area (Å²) in [6.45, 7) is 3.31. The minimum Gasteiger partial charge on any atom is -0.481 e. The van der Waals surface area contributed by atoms with E-state index in [1.54, 1.807) is 26.0 Å². The summed E-state index contributed by atoms with van der Waals surface area (Å²) in [5.74, 6) is -5.62. The molecule has 1 aliphatic rings. The molecule has 2 aromatic rings. The van der Waals surface area contributed by atoms with Crippen molar-refractivity contribution in [3.8, 4) is 0 Å². The summed E-state index contributed by atoms with van der Waals surface area (Å²) >= 11 is 0. The number of rotatable bonds is 6. The highest BCUT2D eigenvalue weighted by molar-refractivity contribution is 6.04. The molecule has 3 atom stereocenters. The van der Waals surface area contributed by atoms with E-state index in [0.29, 0.717) is 24.0 Å². The Kier molecular flexibility index (Phi) is 6.26. The van der Waals surface area contributed by atoms with Crippen molar-refractivity contribution >= 4 is 17.5 Å². The zero-order chi connectivity index (χ0) is 21.1. The van der Waals surface area contributed by atoms with Crippen LogP contribution >= 0.6 is 0 Å². The summed E-state index contributed by atoms with van der Waals surface area (Å²) in [6, 6.07) is 12.8. The van der Waals surface area contributed by atoms with Crippen LogP contribution in [0.3, 0.4) is 0 Å². The summed E-state index contributed by atoms with van der Waals surface area (Å²) in [4.78, 5) is 38.5. The SMILES string of the molecule is CC(C)C(=O)C(C(=O)O)C(c1ccc(F)cc1)C1CCCc2ccccc2C1=O. The van der Waals surface area contributed by atoms with Crippen LogP contribution < -0.4 is 0 Å². The van der Waals surface area contributed by atoms with Gasteiger partial charge >= 0.3 is 5.97 Å². The van der Waals surface area contributed by atoms with Crippen LogP contribution in [0.1, 0.15) is 54.1 Å². The van der Waals surface area contributed by atoms with E-state index < -0.39 is 41.2 Å². The second-order valence-electron chi connectivity index (χ2n) is 7.97. The summed E-state index contributed by atoms with van der Waals surface area (Å²) in [5, 5.41) is 9.96. The van der Waals surface area contributed by atoms with Crippen LogP contribution in [0.15, 0.2) is 48.5 Å². The second-order valence-corrected chi connectivity index (χ2v) is 7.97. The van der Waals surface area contributed by atoms with Gasteiger partial charge < -0.3 is 5.11 Å². The molecule has 3 unspecified atom stereocenters. The number of Topliss-reactive ketones (excluding diaryl/α,β-unsaturated/α-hetero) is 2. The van der Waals surface area contributed by atoms with E-state index in [1.165, 1.54) is 24.3 Å². The average molecular weight is 396 g/mol. The van der Waals surface area contributed by atoms with Crippen molar-refractivity contribution in [3.63, 3.8) is 0 Å². The standard InChI is InChI=1S/C24H25FO4/c1-14(2)22(26)21(24(28)29)20(16-10-12-17(25)13-11-16)19-9-5-7-15-6-3-4-8-18(15)23(19)27/h3-4,6,8,10-14,19-21H,5,7,9H2,1-2H3,(H,28,29). The highest BCUT2D eigenvalue weighted by Gasteiger charge is 2.44. The molecule has 0 aliphatic heterocycles. The Morgan fingerprint density at radius 1 is 1.07 bits per heavy atom. The van der Waals surface area contributed by atoms with Crippen LogP contribution in [-0.4, -0.2) is 22.6 Å². The lowest BCUT2D eigenvalue weighted by Gasteiger charge is -2.31. The number of aliphatic carboxylic acids is 1. The predicted molar refractivity (Wildman–Crippen MR) is 107 cm³/mol. The van der Waals surface area contributed by atoms with E-state index in [0.717, 1.165) is 12.0 Å². The fraction of sp³-hybridized carbons (Fsp3) is 0.375. The van der Waals surface area contributed by atoms with Gasteiger partial charge in [-0.05, 0) is 42.5 Å². The first kappa shape index (κ1) is 20.9. The first-order valence-electron chi connectivity index (χ1n) is 9.95. The van der Waals surface area contributed by atoms with Crippen LogP contribution in [0.25, 0.3) is 0 Å². The maximum Gasteiger partial charge on any atom is 0.314 e. The zero-order valence-corrected chi connectivity index (χ0v) is 16.6. The van der Waals surface area contributed by atoms with Crippen LogP contribution in [0, 0.1) is 23.6 Å². The third-order valence-corrected chi connectivity index (χ3v) is 5.77. The number of benzene rings is 2. The van der Waals surface area contributed by atoms with E-state index in [4.69, 9.17) is 0 Å². The van der Waals surface area contributed by atoms with Gasteiger partial charge in [0.2, 0.25) is 0 Å². The molecule has 0 saturated carbocycles. The number of aryl methyl sites for hydroxylation is 1. The quantitative estimate of drug-likeness (QED) is 0.569. The lowest BCUT2D eigenvalue weighted by Crippen LogP contribution is -2.38. The largest absolute Gasteiger partial charge is 0.481 e. The Balaban J connectivity index is 2.14. The molecule has 0 radical (unpaired) electrons. The maximum absolute atomic E-state index is 13.5. The molecule has 0 spiro atoms. The summed E-state index contributed by atoms with van der Waals surface area (Å²) in [7, 11) is 0. The van der Waals surface area contributed by atoms with Crippen molar-refractivity contribution in [2.75, 3.05) is 0 Å². The second kappa shape index (κ2) is 8.68. The molecule has 0 saturated heterocycles. The molecule has 0 amide bonds. The molecule has 5 heteroatoms. The van der Waals surface area contributed by atoms with Crippen molar-refractivity contribution in [1.82, 2.24) is 0 Å². The zero-order valence-electron chi connectivity index (χ0n) is 16.6. The molecule has 0 fully saturated rings. The number of carbonyl (C=O) groups excluding carboxylic acids is 2. The van der Waals surface area contributed by atoms with Crippen molar-refractivity contribution in [2.45, 2.75) is 39.0 Å². The molecule has 0 aromatic heterocycles. The van der Waals surface area contributed by atoms with Crippen molar-refractivity contribution in [3.05, 3.63) is 71.0 Å². The number of fused-ring (bicyclic) bond motifs is 1. The highest BCUT2D eigenvalue weighted by Crippen LogP contribution is 2.41. The van der Waals surface area contributed by atoms with Gasteiger partial charge in [0.25, 0.3) is 0 Å². The Hall–Kier alpha value is -2.82. The molecular weight excluding hydrogens is 371 g/mol. The number of carbonyl (C=O) groups is 3.